The summed E-state index contributed by atoms with van der Waals surface area (Å²) in [5.74, 6) is 0.960. The first-order valence-corrected chi connectivity index (χ1v) is 7.15. The molecule has 0 saturated heterocycles. The quantitative estimate of drug-likeness (QED) is 0.790. The van der Waals surface area contributed by atoms with Gasteiger partial charge in [0, 0.05) is 24.5 Å². The average molecular weight is 269 g/mol. The normalized spacial score (nSPS) is 12.5. The van der Waals surface area contributed by atoms with E-state index in [9.17, 15) is 0 Å². The molecule has 0 fully saturated rings. The van der Waals surface area contributed by atoms with Gasteiger partial charge in [-0.15, -0.1) is 0 Å². The summed E-state index contributed by atoms with van der Waals surface area (Å²) in [6.07, 6.45) is 3.83. The van der Waals surface area contributed by atoms with Crippen molar-refractivity contribution < 1.29 is 0 Å². The second kappa shape index (κ2) is 5.38. The maximum absolute atomic E-state index is 5.96. The number of hydrogen-bond acceptors (Lipinski definition) is 3. The summed E-state index contributed by atoms with van der Waals surface area (Å²) in [7, 11) is 0. The monoisotopic (exact) mass is 269 g/mol. The minimum Gasteiger partial charge on any atom is -0.328 e. The van der Waals surface area contributed by atoms with Gasteiger partial charge >= 0.3 is 0 Å². The van der Waals surface area contributed by atoms with E-state index in [1.807, 2.05) is 30.6 Å². The molecule has 0 radical (unpaired) electrons. The molecule has 0 aliphatic heterocycles. The van der Waals surface area contributed by atoms with Gasteiger partial charge in [-0.1, -0.05) is 30.3 Å². The lowest BCUT2D eigenvalue weighted by Gasteiger charge is -2.18. The molecule has 0 saturated carbocycles. The molecule has 2 aromatic heterocycles. The fraction of sp³-hybridized carbons (Fsp3) is 0.133. The maximum Gasteiger partial charge on any atom is 0.140 e. The Morgan fingerprint density at radius 2 is 2.05 bits per heavy atom. The summed E-state index contributed by atoms with van der Waals surface area (Å²) in [5.41, 5.74) is 8.31. The molecule has 19 heavy (non-hydrogen) atoms. The third kappa shape index (κ3) is 2.32. The standard InChI is InChI=1S/C15H15N3S/c16-10-14(13-6-9-19-11-13)18-8-7-17-15(18)12-4-2-1-3-5-12/h1-9,11,14H,10,16H2. The lowest BCUT2D eigenvalue weighted by molar-refractivity contribution is 0.602. The number of nitrogens with two attached hydrogens (primary N) is 1. The van der Waals surface area contributed by atoms with Gasteiger partial charge in [0.05, 0.1) is 6.04 Å². The van der Waals surface area contributed by atoms with E-state index in [-0.39, 0.29) is 6.04 Å². The highest BCUT2D eigenvalue weighted by Crippen LogP contribution is 2.26. The van der Waals surface area contributed by atoms with Crippen LogP contribution in [0.25, 0.3) is 11.4 Å². The van der Waals surface area contributed by atoms with E-state index in [4.69, 9.17) is 5.73 Å². The molecule has 0 amide bonds. The number of aromatic nitrogens is 2. The first-order valence-electron chi connectivity index (χ1n) is 6.20. The Bertz CT molecular complexity index is 628. The van der Waals surface area contributed by atoms with E-state index in [0.717, 1.165) is 11.4 Å². The molecule has 0 aliphatic carbocycles. The van der Waals surface area contributed by atoms with Crippen molar-refractivity contribution in [2.75, 3.05) is 6.54 Å². The van der Waals surface area contributed by atoms with Gasteiger partial charge < -0.3 is 10.3 Å². The molecule has 2 N–H and O–H groups in total. The van der Waals surface area contributed by atoms with Crippen molar-refractivity contribution in [3.63, 3.8) is 0 Å². The zero-order valence-electron chi connectivity index (χ0n) is 10.4. The van der Waals surface area contributed by atoms with Crippen LogP contribution in [0.2, 0.25) is 0 Å². The van der Waals surface area contributed by atoms with Crippen LogP contribution in [0.4, 0.5) is 0 Å². The van der Waals surface area contributed by atoms with Crippen LogP contribution in [0.3, 0.4) is 0 Å². The van der Waals surface area contributed by atoms with Crippen LogP contribution in [-0.4, -0.2) is 16.1 Å². The van der Waals surface area contributed by atoms with Crippen molar-refractivity contribution in [3.8, 4) is 11.4 Å². The van der Waals surface area contributed by atoms with E-state index in [1.165, 1.54) is 5.56 Å². The average Bonchev–Trinajstić information content (AvgIpc) is 3.12. The van der Waals surface area contributed by atoms with Gasteiger partial charge in [-0.3, -0.25) is 0 Å². The van der Waals surface area contributed by atoms with E-state index >= 15 is 0 Å². The predicted octanol–water partition coefficient (Wildman–Crippen LogP) is 3.16. The summed E-state index contributed by atoms with van der Waals surface area (Å²) in [4.78, 5) is 4.48. The lowest BCUT2D eigenvalue weighted by Crippen LogP contribution is -2.20. The smallest absolute Gasteiger partial charge is 0.140 e. The molecular weight excluding hydrogens is 254 g/mol. The molecule has 3 aromatic rings. The van der Waals surface area contributed by atoms with Crippen molar-refractivity contribution in [1.82, 2.24) is 9.55 Å². The van der Waals surface area contributed by atoms with Gasteiger partial charge in [-0.2, -0.15) is 11.3 Å². The zero-order valence-corrected chi connectivity index (χ0v) is 11.3. The van der Waals surface area contributed by atoms with Gasteiger partial charge in [-0.05, 0) is 22.4 Å². The maximum atomic E-state index is 5.96. The summed E-state index contributed by atoms with van der Waals surface area (Å²) in [5, 5.41) is 4.23. The van der Waals surface area contributed by atoms with Gasteiger partial charge in [0.25, 0.3) is 0 Å². The fourth-order valence-corrected chi connectivity index (χ4v) is 2.96. The largest absolute Gasteiger partial charge is 0.328 e. The minimum atomic E-state index is 0.143. The molecule has 0 spiro atoms. The van der Waals surface area contributed by atoms with Crippen LogP contribution in [0, 0.1) is 0 Å². The third-order valence-corrected chi connectivity index (χ3v) is 3.89. The molecule has 2 heterocycles. The van der Waals surface area contributed by atoms with E-state index in [2.05, 4.69) is 38.5 Å². The molecule has 0 bridgehead atoms. The van der Waals surface area contributed by atoms with Crippen LogP contribution in [0.1, 0.15) is 11.6 Å². The number of rotatable bonds is 4. The van der Waals surface area contributed by atoms with Crippen molar-refractivity contribution in [2.24, 2.45) is 5.73 Å². The third-order valence-electron chi connectivity index (χ3n) is 3.19. The molecule has 3 rings (SSSR count). The molecule has 1 aromatic carbocycles. The molecule has 4 heteroatoms. The van der Waals surface area contributed by atoms with Crippen molar-refractivity contribution in [2.45, 2.75) is 6.04 Å². The molecule has 3 nitrogen and oxygen atoms in total. The predicted molar refractivity (Wildman–Crippen MR) is 79.2 cm³/mol. The van der Waals surface area contributed by atoms with Crippen LogP contribution in [0.15, 0.2) is 59.6 Å². The molecule has 1 unspecified atom stereocenters. The second-order valence-corrected chi connectivity index (χ2v) is 5.11. The van der Waals surface area contributed by atoms with Gasteiger partial charge in [0.1, 0.15) is 5.82 Å². The molecule has 96 valence electrons. The van der Waals surface area contributed by atoms with E-state index < -0.39 is 0 Å². The Hall–Kier alpha value is -1.91. The van der Waals surface area contributed by atoms with Crippen LogP contribution < -0.4 is 5.73 Å². The van der Waals surface area contributed by atoms with Gasteiger partial charge in [0.2, 0.25) is 0 Å². The first-order chi connectivity index (χ1) is 9.40. The van der Waals surface area contributed by atoms with Crippen LogP contribution in [0.5, 0.6) is 0 Å². The summed E-state index contributed by atoms with van der Waals surface area (Å²) >= 11 is 1.69. The highest BCUT2D eigenvalue weighted by molar-refractivity contribution is 7.07. The van der Waals surface area contributed by atoms with Crippen molar-refractivity contribution >= 4 is 11.3 Å². The van der Waals surface area contributed by atoms with Crippen LogP contribution in [-0.2, 0) is 0 Å². The SMILES string of the molecule is NCC(c1ccsc1)n1ccnc1-c1ccccc1. The van der Waals surface area contributed by atoms with Crippen molar-refractivity contribution in [1.29, 1.82) is 0 Å². The summed E-state index contributed by atoms with van der Waals surface area (Å²) < 4.78 is 2.15. The Kier molecular flexibility index (Phi) is 3.44. The number of benzene rings is 1. The van der Waals surface area contributed by atoms with Gasteiger partial charge in [0.15, 0.2) is 0 Å². The Labute approximate surface area is 116 Å². The highest BCUT2D eigenvalue weighted by atomic mass is 32.1. The topological polar surface area (TPSA) is 43.8 Å². The second-order valence-electron chi connectivity index (χ2n) is 4.33. The number of thiophene rings is 1. The Morgan fingerprint density at radius 1 is 1.21 bits per heavy atom. The Balaban J connectivity index is 2.04. The van der Waals surface area contributed by atoms with E-state index in [0.29, 0.717) is 6.54 Å². The lowest BCUT2D eigenvalue weighted by atomic mass is 10.1. The Morgan fingerprint density at radius 3 is 2.74 bits per heavy atom. The molecule has 1 atom stereocenters. The van der Waals surface area contributed by atoms with Crippen molar-refractivity contribution in [3.05, 3.63) is 65.1 Å². The van der Waals surface area contributed by atoms with Crippen LogP contribution >= 0.6 is 11.3 Å². The van der Waals surface area contributed by atoms with Gasteiger partial charge in [-0.25, -0.2) is 4.98 Å². The van der Waals surface area contributed by atoms with E-state index in [1.54, 1.807) is 11.3 Å². The number of imidazole rings is 1. The number of nitrogens with zero attached hydrogens (tertiary/aromatic N) is 2. The minimum absolute atomic E-state index is 0.143. The summed E-state index contributed by atoms with van der Waals surface area (Å²) in [6.45, 7) is 0.562. The molecule has 0 aliphatic rings. The molecular formula is C15H15N3S. The number of hydrogen-bond donors (Lipinski definition) is 1. The zero-order chi connectivity index (χ0) is 13.1. The summed E-state index contributed by atoms with van der Waals surface area (Å²) in [6, 6.07) is 12.5. The first kappa shape index (κ1) is 12.1. The highest BCUT2D eigenvalue weighted by Gasteiger charge is 2.16. The fourth-order valence-electron chi connectivity index (χ4n) is 2.25.